The maximum absolute atomic E-state index is 11.1. The van der Waals surface area contributed by atoms with Crippen molar-refractivity contribution in [1.29, 1.82) is 0 Å². The Hall–Kier alpha value is -3.40. The first-order valence-corrected chi connectivity index (χ1v) is 8.31. The number of carboxylic acid groups (broad SMARTS) is 1. The van der Waals surface area contributed by atoms with Crippen LogP contribution in [-0.2, 0) is 17.8 Å². The summed E-state index contributed by atoms with van der Waals surface area (Å²) in [6.07, 6.45) is 3.36. The number of nitrogens with zero attached hydrogens (tertiary/aromatic N) is 1. The summed E-state index contributed by atoms with van der Waals surface area (Å²) >= 11 is 0. The summed E-state index contributed by atoms with van der Waals surface area (Å²) in [6.45, 7) is 0.512. The summed E-state index contributed by atoms with van der Waals surface area (Å²) in [7, 11) is 0. The average Bonchev–Trinajstić information content (AvgIpc) is 2.68. The van der Waals surface area contributed by atoms with E-state index in [2.05, 4.69) is 4.98 Å². The third-order valence-corrected chi connectivity index (χ3v) is 3.86. The molecule has 0 aliphatic heterocycles. The summed E-state index contributed by atoms with van der Waals surface area (Å²) in [5, 5.41) is 9.12. The summed E-state index contributed by atoms with van der Waals surface area (Å²) in [4.78, 5) is 15.4. The number of aliphatic carboxylic acids is 1. The van der Waals surface area contributed by atoms with Gasteiger partial charge in [-0.15, -0.1) is 0 Å². The number of hydrogen-bond donors (Lipinski definition) is 1. The largest absolute Gasteiger partial charge is 0.489 e. The average molecular weight is 345 g/mol. The Morgan fingerprint density at radius 3 is 2.31 bits per heavy atom. The van der Waals surface area contributed by atoms with E-state index in [0.29, 0.717) is 24.3 Å². The predicted octanol–water partition coefficient (Wildman–Crippen LogP) is 4.37. The molecule has 1 N–H and O–H groups in total. The highest BCUT2D eigenvalue weighted by Gasteiger charge is 2.07. The molecule has 0 saturated heterocycles. The zero-order chi connectivity index (χ0) is 18.2. The number of rotatable bonds is 7. The fourth-order valence-corrected chi connectivity index (χ4v) is 2.58. The first-order chi connectivity index (χ1) is 12.7. The van der Waals surface area contributed by atoms with E-state index in [4.69, 9.17) is 9.84 Å². The minimum Gasteiger partial charge on any atom is -0.489 e. The van der Waals surface area contributed by atoms with E-state index in [1.54, 1.807) is 12.3 Å². The standard InChI is InChI=1S/C22H19NO3/c24-22(25)15-19(21-8-4-5-13-23-21)14-17-9-11-20(12-10-17)26-16-18-6-2-1-3-7-18/h1-13,15H,14,16H2,(H,24,25). The first kappa shape index (κ1) is 17.4. The van der Waals surface area contributed by atoms with Crippen LogP contribution in [0, 0.1) is 0 Å². The van der Waals surface area contributed by atoms with Gasteiger partial charge >= 0.3 is 5.97 Å². The number of carbonyl (C=O) groups is 1. The van der Waals surface area contributed by atoms with Crippen LogP contribution in [0.4, 0.5) is 0 Å². The van der Waals surface area contributed by atoms with Crippen LogP contribution in [0.5, 0.6) is 5.75 Å². The van der Waals surface area contributed by atoms with Gasteiger partial charge in [0.05, 0.1) is 5.69 Å². The van der Waals surface area contributed by atoms with Gasteiger partial charge in [0.1, 0.15) is 12.4 Å². The molecule has 1 heterocycles. The molecule has 4 heteroatoms. The van der Waals surface area contributed by atoms with Crippen LogP contribution >= 0.6 is 0 Å². The fourth-order valence-electron chi connectivity index (χ4n) is 2.58. The van der Waals surface area contributed by atoms with E-state index in [1.807, 2.05) is 66.7 Å². The van der Waals surface area contributed by atoms with Gasteiger partial charge < -0.3 is 9.84 Å². The van der Waals surface area contributed by atoms with Gasteiger partial charge in [0.2, 0.25) is 0 Å². The highest BCUT2D eigenvalue weighted by Crippen LogP contribution is 2.20. The molecule has 2 aromatic carbocycles. The molecule has 0 aliphatic rings. The molecule has 1 aromatic heterocycles. The number of allylic oxidation sites excluding steroid dienone is 1. The van der Waals surface area contributed by atoms with Crippen molar-refractivity contribution in [1.82, 2.24) is 4.98 Å². The molecule has 0 amide bonds. The van der Waals surface area contributed by atoms with Gasteiger partial charge in [-0.1, -0.05) is 48.5 Å². The highest BCUT2D eigenvalue weighted by atomic mass is 16.5. The van der Waals surface area contributed by atoms with Crippen molar-refractivity contribution in [2.24, 2.45) is 0 Å². The third-order valence-electron chi connectivity index (χ3n) is 3.86. The molecule has 3 aromatic rings. The highest BCUT2D eigenvalue weighted by molar-refractivity contribution is 5.89. The van der Waals surface area contributed by atoms with Crippen molar-refractivity contribution in [3.8, 4) is 5.75 Å². The zero-order valence-corrected chi connectivity index (χ0v) is 14.2. The summed E-state index contributed by atoms with van der Waals surface area (Å²) in [6, 6.07) is 23.1. The van der Waals surface area contributed by atoms with Gasteiger partial charge in [-0.25, -0.2) is 4.79 Å². The van der Waals surface area contributed by atoms with Gasteiger partial charge in [0.15, 0.2) is 0 Å². The monoisotopic (exact) mass is 345 g/mol. The third kappa shape index (κ3) is 5.05. The Labute approximate surface area is 152 Å². The van der Waals surface area contributed by atoms with E-state index in [0.717, 1.165) is 16.9 Å². The number of hydrogen-bond acceptors (Lipinski definition) is 3. The van der Waals surface area contributed by atoms with E-state index in [-0.39, 0.29) is 0 Å². The lowest BCUT2D eigenvalue weighted by Crippen LogP contribution is -1.99. The smallest absolute Gasteiger partial charge is 0.328 e. The molecular formula is C22H19NO3. The fraction of sp³-hybridized carbons (Fsp3) is 0.0909. The summed E-state index contributed by atoms with van der Waals surface area (Å²) in [5.41, 5.74) is 3.43. The molecule has 0 aliphatic carbocycles. The minimum absolute atomic E-state index is 0.488. The SMILES string of the molecule is O=C(O)C=C(Cc1ccc(OCc2ccccc2)cc1)c1ccccn1. The van der Waals surface area contributed by atoms with Crippen molar-refractivity contribution in [2.45, 2.75) is 13.0 Å². The van der Waals surface area contributed by atoms with E-state index in [9.17, 15) is 4.79 Å². The zero-order valence-electron chi connectivity index (χ0n) is 14.2. The number of ether oxygens (including phenoxy) is 1. The minimum atomic E-state index is -0.978. The molecule has 0 saturated carbocycles. The van der Waals surface area contributed by atoms with Crippen molar-refractivity contribution in [2.75, 3.05) is 0 Å². The Morgan fingerprint density at radius 2 is 1.65 bits per heavy atom. The molecular weight excluding hydrogens is 326 g/mol. The molecule has 0 fully saturated rings. The molecule has 3 rings (SSSR count). The van der Waals surface area contributed by atoms with Crippen LogP contribution in [0.25, 0.3) is 5.57 Å². The van der Waals surface area contributed by atoms with Gasteiger partial charge in [-0.05, 0) is 47.4 Å². The number of benzene rings is 2. The molecule has 26 heavy (non-hydrogen) atoms. The second kappa shape index (κ2) is 8.62. The molecule has 0 bridgehead atoms. The summed E-state index contributed by atoms with van der Waals surface area (Å²) in [5.74, 6) is -0.201. The molecule has 0 atom stereocenters. The molecule has 0 unspecified atom stereocenters. The van der Waals surface area contributed by atoms with E-state index < -0.39 is 5.97 Å². The topological polar surface area (TPSA) is 59.4 Å². The number of aromatic nitrogens is 1. The molecule has 0 spiro atoms. The van der Waals surface area contributed by atoms with E-state index >= 15 is 0 Å². The normalized spacial score (nSPS) is 11.2. The number of pyridine rings is 1. The Balaban J connectivity index is 1.68. The van der Waals surface area contributed by atoms with Crippen LogP contribution < -0.4 is 4.74 Å². The Morgan fingerprint density at radius 1 is 0.923 bits per heavy atom. The van der Waals surface area contributed by atoms with Gasteiger partial charge in [-0.3, -0.25) is 4.98 Å². The molecule has 130 valence electrons. The van der Waals surface area contributed by atoms with Crippen LogP contribution in [0.2, 0.25) is 0 Å². The Bertz CT molecular complexity index is 872. The lowest BCUT2D eigenvalue weighted by atomic mass is 10.0. The van der Waals surface area contributed by atoms with Gasteiger partial charge in [0, 0.05) is 12.3 Å². The maximum atomic E-state index is 11.1. The van der Waals surface area contributed by atoms with Crippen molar-refractivity contribution in [3.63, 3.8) is 0 Å². The number of carboxylic acids is 1. The maximum Gasteiger partial charge on any atom is 0.328 e. The van der Waals surface area contributed by atoms with Crippen molar-refractivity contribution >= 4 is 11.5 Å². The predicted molar refractivity (Wildman–Crippen MR) is 101 cm³/mol. The lowest BCUT2D eigenvalue weighted by molar-refractivity contribution is -0.131. The second-order valence-corrected chi connectivity index (χ2v) is 5.82. The van der Waals surface area contributed by atoms with Crippen molar-refractivity contribution < 1.29 is 14.6 Å². The van der Waals surface area contributed by atoms with E-state index in [1.165, 1.54) is 6.08 Å². The Kier molecular flexibility index (Phi) is 5.78. The van der Waals surface area contributed by atoms with Crippen LogP contribution in [0.1, 0.15) is 16.8 Å². The second-order valence-electron chi connectivity index (χ2n) is 5.82. The van der Waals surface area contributed by atoms with Crippen LogP contribution in [0.15, 0.2) is 85.1 Å². The van der Waals surface area contributed by atoms with Crippen LogP contribution in [-0.4, -0.2) is 16.1 Å². The first-order valence-electron chi connectivity index (χ1n) is 8.31. The quantitative estimate of drug-likeness (QED) is 0.646. The molecule has 0 radical (unpaired) electrons. The lowest BCUT2D eigenvalue weighted by Gasteiger charge is -2.09. The summed E-state index contributed by atoms with van der Waals surface area (Å²) < 4.78 is 5.78. The molecule has 4 nitrogen and oxygen atoms in total. The van der Waals surface area contributed by atoms with Gasteiger partial charge in [0.25, 0.3) is 0 Å². The van der Waals surface area contributed by atoms with Crippen LogP contribution in [0.3, 0.4) is 0 Å². The van der Waals surface area contributed by atoms with Gasteiger partial charge in [-0.2, -0.15) is 0 Å². The van der Waals surface area contributed by atoms with Crippen molar-refractivity contribution in [3.05, 3.63) is 102 Å².